The first-order valence-electron chi connectivity index (χ1n) is 18.3. The van der Waals surface area contributed by atoms with E-state index in [-0.39, 0.29) is 36.7 Å². The maximum atomic E-state index is 14.2. The van der Waals surface area contributed by atoms with Gasteiger partial charge in [-0.3, -0.25) is 14.4 Å². The van der Waals surface area contributed by atoms with Gasteiger partial charge < -0.3 is 19.5 Å². The Kier molecular flexibility index (Phi) is 11.7. The van der Waals surface area contributed by atoms with E-state index in [1.807, 2.05) is 42.3 Å². The Morgan fingerprint density at radius 2 is 1.78 bits per heavy atom. The number of hydrogen-bond donors (Lipinski definition) is 1. The molecule has 11 nitrogen and oxygen atoms in total. The second-order valence-electron chi connectivity index (χ2n) is 14.3. The van der Waals surface area contributed by atoms with Crippen molar-refractivity contribution in [1.82, 2.24) is 19.7 Å². The quantitative estimate of drug-likeness (QED) is 0.245. The molecular formula is C39H50N6O5. The number of aliphatic hydroxyl groups excluding tert-OH is 1. The van der Waals surface area contributed by atoms with E-state index in [1.165, 1.54) is 12.0 Å². The van der Waals surface area contributed by atoms with Crippen molar-refractivity contribution < 1.29 is 24.2 Å². The first kappa shape index (κ1) is 35.4. The van der Waals surface area contributed by atoms with Crippen molar-refractivity contribution >= 4 is 17.8 Å². The normalized spacial score (nSPS) is 20.9. The van der Waals surface area contributed by atoms with Gasteiger partial charge in [0.2, 0.25) is 5.91 Å². The second kappa shape index (κ2) is 16.5. The molecule has 1 aliphatic heterocycles. The summed E-state index contributed by atoms with van der Waals surface area (Å²) in [5, 5.41) is 23.9. The van der Waals surface area contributed by atoms with E-state index in [4.69, 9.17) is 14.5 Å². The molecule has 0 radical (unpaired) electrons. The Morgan fingerprint density at radius 3 is 2.50 bits per heavy atom. The molecule has 6 rings (SSSR count). The van der Waals surface area contributed by atoms with Gasteiger partial charge >= 0.3 is 6.09 Å². The van der Waals surface area contributed by atoms with Crippen LogP contribution in [0.5, 0.6) is 5.75 Å². The summed E-state index contributed by atoms with van der Waals surface area (Å²) in [6, 6.07) is 12.0. The molecule has 2 amide bonds. The number of pyridine rings is 1. The number of rotatable bonds is 10. The lowest BCUT2D eigenvalue weighted by atomic mass is 9.78. The minimum atomic E-state index is -0.361. The topological polar surface area (TPSA) is 134 Å². The summed E-state index contributed by atoms with van der Waals surface area (Å²) in [5.74, 6) is 2.23. The largest absolute Gasteiger partial charge is 0.495 e. The van der Waals surface area contributed by atoms with Crippen LogP contribution in [0.1, 0.15) is 101 Å². The fourth-order valence-electron chi connectivity index (χ4n) is 7.75. The standard InChI is InChI=1S/C39H50N6O5/c1-27(26-50-39(48)43-18-15-35(46)16-19-43)45-25-34(23-42-45)32-14-17-41-37(21-32)44(38(47)30-6-4-3-5-7-30)24-28-8-10-29(11-9-28)31-12-13-36(49-2)33(20-31)22-40/h12-14,17,20-21,23,25,27-30,35,46H,3-11,15-16,18-19,24,26H2,1-2H3. The number of benzene rings is 1. The van der Waals surface area contributed by atoms with Gasteiger partial charge in [0, 0.05) is 43.5 Å². The zero-order valence-corrected chi connectivity index (χ0v) is 29.4. The van der Waals surface area contributed by atoms with Crippen LogP contribution in [0, 0.1) is 23.2 Å². The average Bonchev–Trinajstić information content (AvgIpc) is 3.67. The van der Waals surface area contributed by atoms with E-state index < -0.39 is 0 Å². The molecule has 11 heteroatoms. The molecule has 2 aromatic heterocycles. The maximum Gasteiger partial charge on any atom is 0.409 e. The average molecular weight is 683 g/mol. The van der Waals surface area contributed by atoms with Crippen LogP contribution in [-0.2, 0) is 9.53 Å². The number of aromatic nitrogens is 3. The molecule has 3 heterocycles. The van der Waals surface area contributed by atoms with Crippen molar-refractivity contribution in [2.24, 2.45) is 11.8 Å². The molecule has 266 valence electrons. The molecule has 0 bridgehead atoms. The third-order valence-corrected chi connectivity index (χ3v) is 10.9. The molecule has 3 fully saturated rings. The number of anilines is 1. The van der Waals surface area contributed by atoms with Crippen molar-refractivity contribution in [3.05, 3.63) is 60.0 Å². The zero-order chi connectivity index (χ0) is 35.0. The third kappa shape index (κ3) is 8.47. The van der Waals surface area contributed by atoms with Crippen molar-refractivity contribution in [3.8, 4) is 22.9 Å². The lowest BCUT2D eigenvalue weighted by Gasteiger charge is -2.35. The van der Waals surface area contributed by atoms with Crippen molar-refractivity contribution in [3.63, 3.8) is 0 Å². The first-order chi connectivity index (χ1) is 24.3. The van der Waals surface area contributed by atoms with Crippen LogP contribution in [-0.4, -0.2) is 76.2 Å². The van der Waals surface area contributed by atoms with E-state index in [2.05, 4.69) is 17.2 Å². The summed E-state index contributed by atoms with van der Waals surface area (Å²) in [7, 11) is 1.59. The van der Waals surface area contributed by atoms with Crippen LogP contribution in [0.15, 0.2) is 48.9 Å². The van der Waals surface area contributed by atoms with Crippen LogP contribution >= 0.6 is 0 Å². The molecule has 3 aromatic rings. The SMILES string of the molecule is COc1ccc(C2CCC(CN(C(=O)C3CCCCC3)c3cc(-c4cnn(C(C)COC(=O)N5CCC(O)CC5)c4)ccn3)CC2)cc1C#N. The number of nitriles is 1. The summed E-state index contributed by atoms with van der Waals surface area (Å²) >= 11 is 0. The Morgan fingerprint density at radius 1 is 1.02 bits per heavy atom. The summed E-state index contributed by atoms with van der Waals surface area (Å²) in [6.07, 6.45) is 15.2. The molecular weight excluding hydrogens is 632 g/mol. The van der Waals surface area contributed by atoms with Gasteiger partial charge in [0.25, 0.3) is 0 Å². The lowest BCUT2D eigenvalue weighted by molar-refractivity contribution is -0.123. The van der Waals surface area contributed by atoms with E-state index in [1.54, 1.807) is 29.1 Å². The Hall–Kier alpha value is -4.43. The van der Waals surface area contributed by atoms with Crippen molar-refractivity contribution in [1.29, 1.82) is 5.26 Å². The summed E-state index contributed by atoms with van der Waals surface area (Å²) in [4.78, 5) is 35.0. The van der Waals surface area contributed by atoms with Gasteiger partial charge in [-0.15, -0.1) is 0 Å². The van der Waals surface area contributed by atoms with Gasteiger partial charge in [-0.2, -0.15) is 10.4 Å². The van der Waals surface area contributed by atoms with Crippen LogP contribution in [0.25, 0.3) is 11.1 Å². The number of hydrogen-bond acceptors (Lipinski definition) is 8. The van der Waals surface area contributed by atoms with E-state index in [9.17, 15) is 20.0 Å². The molecule has 0 spiro atoms. The van der Waals surface area contributed by atoms with Crippen LogP contribution < -0.4 is 9.64 Å². The Labute approximate surface area is 295 Å². The first-order valence-corrected chi connectivity index (χ1v) is 18.3. The van der Waals surface area contributed by atoms with Gasteiger partial charge in [0.05, 0.1) is 31.0 Å². The number of methoxy groups -OCH3 is 1. The van der Waals surface area contributed by atoms with Gasteiger partial charge in [-0.1, -0.05) is 25.3 Å². The van der Waals surface area contributed by atoms with Crippen molar-refractivity contribution in [2.75, 3.05) is 38.3 Å². The number of carbonyl (C=O) groups excluding carboxylic acids is 2. The fourth-order valence-corrected chi connectivity index (χ4v) is 7.75. The number of piperidine rings is 1. The maximum absolute atomic E-state index is 14.2. The monoisotopic (exact) mass is 682 g/mol. The van der Waals surface area contributed by atoms with Gasteiger partial charge in [0.1, 0.15) is 24.2 Å². The highest BCUT2D eigenvalue weighted by Gasteiger charge is 2.32. The van der Waals surface area contributed by atoms with E-state index >= 15 is 0 Å². The van der Waals surface area contributed by atoms with Gasteiger partial charge in [0.15, 0.2) is 0 Å². The fraction of sp³-hybridized carbons (Fsp3) is 0.564. The lowest BCUT2D eigenvalue weighted by Crippen LogP contribution is -2.41. The molecule has 1 saturated heterocycles. The van der Waals surface area contributed by atoms with E-state index in [0.717, 1.165) is 62.5 Å². The minimum absolute atomic E-state index is 0.0237. The highest BCUT2D eigenvalue weighted by Crippen LogP contribution is 2.39. The van der Waals surface area contributed by atoms with E-state index in [0.29, 0.717) is 61.4 Å². The molecule has 1 atom stereocenters. The van der Waals surface area contributed by atoms with Crippen LogP contribution in [0.4, 0.5) is 10.6 Å². The summed E-state index contributed by atoms with van der Waals surface area (Å²) in [6.45, 7) is 3.78. The molecule has 1 N–H and O–H groups in total. The molecule has 50 heavy (non-hydrogen) atoms. The molecule has 1 aromatic carbocycles. The van der Waals surface area contributed by atoms with Gasteiger partial charge in [-0.05, 0) is 106 Å². The number of likely N-dealkylation sites (tertiary alicyclic amines) is 1. The van der Waals surface area contributed by atoms with Crippen molar-refractivity contribution in [2.45, 2.75) is 95.6 Å². The number of carbonyl (C=O) groups is 2. The highest BCUT2D eigenvalue weighted by molar-refractivity contribution is 5.94. The number of aliphatic hydroxyl groups is 1. The van der Waals surface area contributed by atoms with Crippen LogP contribution in [0.2, 0.25) is 0 Å². The molecule has 2 saturated carbocycles. The molecule has 1 unspecified atom stereocenters. The predicted octanol–water partition coefficient (Wildman–Crippen LogP) is 6.87. The third-order valence-electron chi connectivity index (χ3n) is 10.9. The zero-order valence-electron chi connectivity index (χ0n) is 29.4. The number of ether oxygens (including phenoxy) is 2. The smallest absolute Gasteiger partial charge is 0.409 e. The number of amides is 2. The summed E-state index contributed by atoms with van der Waals surface area (Å²) in [5.41, 5.74) is 3.58. The highest BCUT2D eigenvalue weighted by atomic mass is 16.6. The minimum Gasteiger partial charge on any atom is -0.495 e. The second-order valence-corrected chi connectivity index (χ2v) is 14.3. The number of nitrogens with zero attached hydrogens (tertiary/aromatic N) is 6. The molecule has 2 aliphatic carbocycles. The van der Waals surface area contributed by atoms with Gasteiger partial charge in [-0.25, -0.2) is 9.78 Å². The molecule has 3 aliphatic rings. The summed E-state index contributed by atoms with van der Waals surface area (Å²) < 4.78 is 12.7. The Bertz CT molecular complexity index is 1650. The Balaban J connectivity index is 1.12. The predicted molar refractivity (Wildman–Crippen MR) is 190 cm³/mol. The van der Waals surface area contributed by atoms with Crippen LogP contribution in [0.3, 0.4) is 0 Å².